The minimum atomic E-state index is 0.0394. The van der Waals surface area contributed by atoms with Crippen molar-refractivity contribution in [2.24, 2.45) is 4.99 Å². The first-order chi connectivity index (χ1) is 15.0. The minimum absolute atomic E-state index is 0.0394. The van der Waals surface area contributed by atoms with Crippen molar-refractivity contribution in [3.63, 3.8) is 0 Å². The molecule has 0 bridgehead atoms. The van der Waals surface area contributed by atoms with Gasteiger partial charge in [0, 0.05) is 30.2 Å². The Labute approximate surface area is 182 Å². The fourth-order valence-corrected chi connectivity index (χ4v) is 3.30. The summed E-state index contributed by atoms with van der Waals surface area (Å²) in [6.07, 6.45) is 5.46. The molecule has 3 aromatic rings. The van der Waals surface area contributed by atoms with Gasteiger partial charge in [-0.05, 0) is 44.2 Å². The molecule has 7 heteroatoms. The number of aliphatic imine (C=N–C) groups is 1. The van der Waals surface area contributed by atoms with Crippen molar-refractivity contribution in [2.45, 2.75) is 27.3 Å². The number of aryl methyl sites for hydroxylation is 1. The van der Waals surface area contributed by atoms with E-state index in [0.29, 0.717) is 6.54 Å². The summed E-state index contributed by atoms with van der Waals surface area (Å²) in [6.45, 7) is 6.53. The monoisotopic (exact) mass is 415 g/mol. The highest BCUT2D eigenvalue weighted by atomic mass is 16.5. The Balaban J connectivity index is 0.000000401. The summed E-state index contributed by atoms with van der Waals surface area (Å²) in [6, 6.07) is 13.8. The Morgan fingerprint density at radius 1 is 1.23 bits per heavy atom. The molecule has 1 N–H and O–H groups in total. The summed E-state index contributed by atoms with van der Waals surface area (Å²) in [5.74, 6) is 5.11. The number of terminal acetylenes is 1. The average molecular weight is 415 g/mol. The molecule has 4 rings (SSSR count). The number of methoxy groups -OCH3 is 1. The molecule has 1 aliphatic rings. The zero-order chi connectivity index (χ0) is 22.4. The first-order valence-corrected chi connectivity index (χ1v) is 9.94. The molecule has 1 aromatic heterocycles. The van der Waals surface area contributed by atoms with Gasteiger partial charge < -0.3 is 10.1 Å². The quantitative estimate of drug-likeness (QED) is 0.667. The maximum Gasteiger partial charge on any atom is 0.216 e. The number of hydrogen-bond acceptors (Lipinski definition) is 5. The average Bonchev–Trinajstić information content (AvgIpc) is 3.06. The lowest BCUT2D eigenvalue weighted by Crippen LogP contribution is -2.18. The van der Waals surface area contributed by atoms with E-state index in [1.807, 2.05) is 60.9 Å². The Morgan fingerprint density at radius 3 is 2.55 bits per heavy atom. The van der Waals surface area contributed by atoms with Crippen LogP contribution in [-0.4, -0.2) is 40.0 Å². The number of benzene rings is 2. The summed E-state index contributed by atoms with van der Waals surface area (Å²) in [4.78, 5) is 14.7. The van der Waals surface area contributed by atoms with E-state index in [9.17, 15) is 4.79 Å². The van der Waals surface area contributed by atoms with E-state index in [2.05, 4.69) is 21.4 Å². The molecule has 2 heterocycles. The zero-order valence-electron chi connectivity index (χ0n) is 18.1. The number of amides is 1. The van der Waals surface area contributed by atoms with Gasteiger partial charge in [-0.3, -0.25) is 14.4 Å². The third-order valence-corrected chi connectivity index (χ3v) is 4.72. The van der Waals surface area contributed by atoms with Crippen LogP contribution in [0.1, 0.15) is 42.2 Å². The van der Waals surface area contributed by atoms with Gasteiger partial charge in [-0.25, -0.2) is 0 Å². The predicted molar refractivity (Wildman–Crippen MR) is 121 cm³/mol. The second kappa shape index (κ2) is 9.72. The van der Waals surface area contributed by atoms with Crippen molar-refractivity contribution in [1.29, 1.82) is 0 Å². The second-order valence-corrected chi connectivity index (χ2v) is 6.85. The lowest BCUT2D eigenvalue weighted by atomic mass is 9.99. The molecular formula is C24H25N5O2. The van der Waals surface area contributed by atoms with Crippen molar-refractivity contribution in [2.75, 3.05) is 13.7 Å². The fourth-order valence-electron chi connectivity index (χ4n) is 3.30. The highest BCUT2D eigenvalue weighted by molar-refractivity contribution is 6.15. The molecule has 0 atom stereocenters. The lowest BCUT2D eigenvalue weighted by molar-refractivity contribution is -0.118. The van der Waals surface area contributed by atoms with Crippen LogP contribution in [0.15, 0.2) is 47.5 Å². The van der Waals surface area contributed by atoms with Gasteiger partial charge in [-0.15, -0.1) is 16.6 Å². The van der Waals surface area contributed by atoms with E-state index in [0.717, 1.165) is 52.0 Å². The van der Waals surface area contributed by atoms with Gasteiger partial charge in [0.05, 0.1) is 18.5 Å². The van der Waals surface area contributed by atoms with E-state index >= 15 is 0 Å². The van der Waals surface area contributed by atoms with Crippen LogP contribution in [0.5, 0.6) is 5.75 Å². The summed E-state index contributed by atoms with van der Waals surface area (Å²) < 4.78 is 7.46. The SMILES string of the molecule is C#Cc1ccc(C2=NCc3nnc(C)n3-c3ccc(OC)cc32)cc1.CCNC(C)=O. The molecule has 7 nitrogen and oxygen atoms in total. The molecule has 0 saturated carbocycles. The first-order valence-electron chi connectivity index (χ1n) is 9.94. The van der Waals surface area contributed by atoms with Crippen molar-refractivity contribution < 1.29 is 9.53 Å². The smallest absolute Gasteiger partial charge is 0.216 e. The molecule has 0 radical (unpaired) electrons. The van der Waals surface area contributed by atoms with Crippen molar-refractivity contribution >= 4 is 11.6 Å². The third kappa shape index (κ3) is 4.81. The van der Waals surface area contributed by atoms with E-state index in [-0.39, 0.29) is 5.91 Å². The van der Waals surface area contributed by atoms with Gasteiger partial charge in [0.1, 0.15) is 18.1 Å². The highest BCUT2D eigenvalue weighted by Gasteiger charge is 2.22. The highest BCUT2D eigenvalue weighted by Crippen LogP contribution is 2.28. The van der Waals surface area contributed by atoms with Crippen LogP contribution < -0.4 is 10.1 Å². The molecule has 0 saturated heterocycles. The number of nitrogens with one attached hydrogen (secondary N) is 1. The number of nitrogens with zero attached hydrogens (tertiary/aromatic N) is 4. The molecule has 158 valence electrons. The van der Waals surface area contributed by atoms with E-state index in [4.69, 9.17) is 16.2 Å². The summed E-state index contributed by atoms with van der Waals surface area (Å²) in [7, 11) is 1.66. The van der Waals surface area contributed by atoms with E-state index in [1.165, 1.54) is 6.92 Å². The number of rotatable bonds is 3. The molecule has 0 spiro atoms. The number of carbonyl (C=O) groups is 1. The number of carbonyl (C=O) groups excluding carboxylic acids is 1. The van der Waals surface area contributed by atoms with Crippen LogP contribution in [0.25, 0.3) is 5.69 Å². The second-order valence-electron chi connectivity index (χ2n) is 6.85. The maximum absolute atomic E-state index is 9.93. The number of hydrogen-bond donors (Lipinski definition) is 1. The Kier molecular flexibility index (Phi) is 6.83. The van der Waals surface area contributed by atoms with Gasteiger partial charge in [-0.2, -0.15) is 0 Å². The van der Waals surface area contributed by atoms with E-state index in [1.54, 1.807) is 7.11 Å². The summed E-state index contributed by atoms with van der Waals surface area (Å²) >= 11 is 0. The Bertz CT molecular complexity index is 1150. The largest absolute Gasteiger partial charge is 0.497 e. The normalized spacial score (nSPS) is 11.5. The van der Waals surface area contributed by atoms with Crippen LogP contribution in [0, 0.1) is 19.3 Å². The van der Waals surface area contributed by atoms with Gasteiger partial charge in [0.25, 0.3) is 0 Å². The maximum atomic E-state index is 9.93. The minimum Gasteiger partial charge on any atom is -0.497 e. The predicted octanol–water partition coefficient (Wildman–Crippen LogP) is 3.06. The molecular weight excluding hydrogens is 390 g/mol. The van der Waals surface area contributed by atoms with E-state index < -0.39 is 0 Å². The van der Waals surface area contributed by atoms with Gasteiger partial charge >= 0.3 is 0 Å². The van der Waals surface area contributed by atoms with Crippen LogP contribution in [-0.2, 0) is 11.3 Å². The summed E-state index contributed by atoms with van der Waals surface area (Å²) in [5.41, 5.74) is 4.72. The summed E-state index contributed by atoms with van der Waals surface area (Å²) in [5, 5.41) is 11.0. The molecule has 1 amide bonds. The van der Waals surface area contributed by atoms with Crippen LogP contribution >= 0.6 is 0 Å². The number of ether oxygens (including phenoxy) is 1. The van der Waals surface area contributed by atoms with Crippen LogP contribution in [0.4, 0.5) is 0 Å². The van der Waals surface area contributed by atoms with Gasteiger partial charge in [0.15, 0.2) is 5.82 Å². The molecule has 2 aromatic carbocycles. The molecule has 0 fully saturated rings. The fraction of sp³-hybridized carbons (Fsp3) is 0.250. The molecule has 1 aliphatic heterocycles. The molecule has 31 heavy (non-hydrogen) atoms. The van der Waals surface area contributed by atoms with Crippen LogP contribution in [0.3, 0.4) is 0 Å². The topological polar surface area (TPSA) is 81.4 Å². The third-order valence-electron chi connectivity index (χ3n) is 4.72. The Morgan fingerprint density at radius 2 is 1.97 bits per heavy atom. The number of fused-ring (bicyclic) bond motifs is 3. The van der Waals surface area contributed by atoms with Gasteiger partial charge in [-0.1, -0.05) is 18.1 Å². The number of aromatic nitrogens is 3. The van der Waals surface area contributed by atoms with Gasteiger partial charge in [0.2, 0.25) is 5.91 Å². The molecule has 0 unspecified atom stereocenters. The van der Waals surface area contributed by atoms with Crippen molar-refractivity contribution in [1.82, 2.24) is 20.1 Å². The lowest BCUT2D eigenvalue weighted by Gasteiger charge is -2.14. The van der Waals surface area contributed by atoms with Crippen molar-refractivity contribution in [3.05, 3.63) is 70.8 Å². The zero-order valence-corrected chi connectivity index (χ0v) is 18.1. The Hall–Kier alpha value is -3.92. The first kappa shape index (κ1) is 21.8. The van der Waals surface area contributed by atoms with Crippen LogP contribution in [0.2, 0.25) is 0 Å². The van der Waals surface area contributed by atoms with Crippen molar-refractivity contribution in [3.8, 4) is 23.8 Å². The molecule has 0 aliphatic carbocycles. The standard InChI is InChI=1S/C20H16N4O.C4H9NO/c1-4-14-5-7-15(8-6-14)20-17-11-16(25-3)9-10-18(17)24-13(2)22-23-19(24)12-21-20;1-3-5-4(2)6/h1,5-11H,12H2,2-3H3;3H2,1-2H3,(H,5,6).